The molecule has 20 heavy (non-hydrogen) atoms. The molecule has 0 saturated heterocycles. The summed E-state index contributed by atoms with van der Waals surface area (Å²) >= 11 is 0. The molecule has 1 heterocycles. The highest BCUT2D eigenvalue weighted by atomic mass is 16.5. The van der Waals surface area contributed by atoms with Gasteiger partial charge in [0.25, 0.3) is 0 Å². The number of benzene rings is 1. The monoisotopic (exact) mass is 273 g/mol. The summed E-state index contributed by atoms with van der Waals surface area (Å²) in [7, 11) is 1.94. The van der Waals surface area contributed by atoms with E-state index >= 15 is 0 Å². The van der Waals surface area contributed by atoms with Crippen LogP contribution < -0.4 is 10.1 Å². The van der Waals surface area contributed by atoms with Crippen molar-refractivity contribution in [1.29, 1.82) is 0 Å². The summed E-state index contributed by atoms with van der Waals surface area (Å²) in [6.45, 7) is 7.80. The predicted octanol–water partition coefficient (Wildman–Crippen LogP) is 3.38. The minimum absolute atomic E-state index is 0.517. The zero-order chi connectivity index (χ0) is 14.5. The summed E-state index contributed by atoms with van der Waals surface area (Å²) in [5.74, 6) is 1.42. The molecule has 1 aromatic heterocycles. The molecular formula is C16H23N3O. The number of aryl methyl sites for hydroxylation is 2. The van der Waals surface area contributed by atoms with Crippen molar-refractivity contribution in [3.8, 4) is 5.75 Å². The van der Waals surface area contributed by atoms with Crippen molar-refractivity contribution in [2.24, 2.45) is 13.0 Å². The predicted molar refractivity (Wildman–Crippen MR) is 82.0 cm³/mol. The van der Waals surface area contributed by atoms with Crippen molar-refractivity contribution in [1.82, 2.24) is 9.78 Å². The Kier molecular flexibility index (Phi) is 4.66. The van der Waals surface area contributed by atoms with Crippen LogP contribution >= 0.6 is 0 Å². The standard InChI is InChI=1S/C16H23N3O/c1-12(2)11-20-16-8-6-5-7-15(16)17-9-14-10-19(4)18-13(14)3/h5-8,10,12,17H,9,11H2,1-4H3. The Morgan fingerprint density at radius 1 is 1.30 bits per heavy atom. The lowest BCUT2D eigenvalue weighted by Gasteiger charge is -2.14. The summed E-state index contributed by atoms with van der Waals surface area (Å²) in [6, 6.07) is 8.05. The highest BCUT2D eigenvalue weighted by molar-refractivity contribution is 5.56. The Morgan fingerprint density at radius 2 is 2.05 bits per heavy atom. The SMILES string of the molecule is Cc1nn(C)cc1CNc1ccccc1OCC(C)C. The molecule has 0 aliphatic rings. The number of para-hydroxylation sites is 2. The Hall–Kier alpha value is -1.97. The van der Waals surface area contributed by atoms with Gasteiger partial charge in [0, 0.05) is 25.4 Å². The van der Waals surface area contributed by atoms with Gasteiger partial charge in [-0.15, -0.1) is 0 Å². The first-order valence-corrected chi connectivity index (χ1v) is 7.01. The van der Waals surface area contributed by atoms with Crippen molar-refractivity contribution in [2.45, 2.75) is 27.3 Å². The Labute approximate surface area is 120 Å². The fourth-order valence-corrected chi connectivity index (χ4v) is 2.01. The first kappa shape index (κ1) is 14.4. The molecule has 2 rings (SSSR count). The van der Waals surface area contributed by atoms with E-state index in [1.807, 2.05) is 49.1 Å². The molecule has 1 N–H and O–H groups in total. The van der Waals surface area contributed by atoms with Crippen LogP contribution in [0.1, 0.15) is 25.1 Å². The van der Waals surface area contributed by atoms with E-state index in [0.717, 1.165) is 30.3 Å². The normalized spacial score (nSPS) is 10.8. The van der Waals surface area contributed by atoms with Crippen molar-refractivity contribution >= 4 is 5.69 Å². The van der Waals surface area contributed by atoms with E-state index < -0.39 is 0 Å². The van der Waals surface area contributed by atoms with Gasteiger partial charge >= 0.3 is 0 Å². The molecule has 0 amide bonds. The number of hydrogen-bond donors (Lipinski definition) is 1. The summed E-state index contributed by atoms with van der Waals surface area (Å²) in [6.07, 6.45) is 2.04. The molecule has 0 atom stereocenters. The second-order valence-corrected chi connectivity index (χ2v) is 5.47. The van der Waals surface area contributed by atoms with Gasteiger partial charge in [0.2, 0.25) is 0 Å². The van der Waals surface area contributed by atoms with Gasteiger partial charge in [-0.1, -0.05) is 26.0 Å². The lowest BCUT2D eigenvalue weighted by molar-refractivity contribution is 0.272. The van der Waals surface area contributed by atoms with Gasteiger partial charge in [0.15, 0.2) is 0 Å². The second kappa shape index (κ2) is 6.46. The molecule has 0 aliphatic carbocycles. The second-order valence-electron chi connectivity index (χ2n) is 5.47. The van der Waals surface area contributed by atoms with Crippen LogP contribution in [0.4, 0.5) is 5.69 Å². The molecule has 0 spiro atoms. The third-order valence-corrected chi connectivity index (χ3v) is 3.04. The van der Waals surface area contributed by atoms with E-state index in [-0.39, 0.29) is 0 Å². The largest absolute Gasteiger partial charge is 0.491 e. The van der Waals surface area contributed by atoms with E-state index in [9.17, 15) is 0 Å². The molecule has 1 aromatic carbocycles. The molecule has 2 aromatic rings. The molecule has 4 heteroatoms. The van der Waals surface area contributed by atoms with Crippen LogP contribution in [0.25, 0.3) is 0 Å². The zero-order valence-electron chi connectivity index (χ0n) is 12.7. The van der Waals surface area contributed by atoms with Crippen molar-refractivity contribution < 1.29 is 4.74 Å². The minimum Gasteiger partial charge on any atom is -0.491 e. The number of rotatable bonds is 6. The maximum atomic E-state index is 5.84. The molecule has 0 unspecified atom stereocenters. The van der Waals surface area contributed by atoms with Gasteiger partial charge in [-0.05, 0) is 25.0 Å². The zero-order valence-corrected chi connectivity index (χ0v) is 12.7. The Morgan fingerprint density at radius 3 is 2.70 bits per heavy atom. The Bertz CT molecular complexity index is 561. The number of aromatic nitrogens is 2. The quantitative estimate of drug-likeness (QED) is 0.877. The van der Waals surface area contributed by atoms with Gasteiger partial charge in [-0.2, -0.15) is 5.10 Å². The Balaban J connectivity index is 2.03. The highest BCUT2D eigenvalue weighted by Crippen LogP contribution is 2.25. The van der Waals surface area contributed by atoms with Gasteiger partial charge in [0.1, 0.15) is 5.75 Å². The smallest absolute Gasteiger partial charge is 0.142 e. The third-order valence-electron chi connectivity index (χ3n) is 3.04. The van der Waals surface area contributed by atoms with Crippen LogP contribution in [-0.4, -0.2) is 16.4 Å². The molecule has 0 saturated carbocycles. The summed E-state index contributed by atoms with van der Waals surface area (Å²) < 4.78 is 7.68. The summed E-state index contributed by atoms with van der Waals surface area (Å²) in [5, 5.41) is 7.78. The fraction of sp³-hybridized carbons (Fsp3) is 0.438. The molecule has 0 radical (unpaired) electrons. The van der Waals surface area contributed by atoms with Gasteiger partial charge < -0.3 is 10.1 Å². The molecule has 0 aliphatic heterocycles. The molecule has 0 bridgehead atoms. The summed E-state index contributed by atoms with van der Waals surface area (Å²) in [5.41, 5.74) is 3.28. The highest BCUT2D eigenvalue weighted by Gasteiger charge is 2.06. The van der Waals surface area contributed by atoms with Crippen molar-refractivity contribution in [3.05, 3.63) is 41.7 Å². The van der Waals surface area contributed by atoms with Crippen LogP contribution in [0.2, 0.25) is 0 Å². The van der Waals surface area contributed by atoms with Crippen LogP contribution in [0.5, 0.6) is 5.75 Å². The number of nitrogens with zero attached hydrogens (tertiary/aromatic N) is 2. The average Bonchev–Trinajstić information content (AvgIpc) is 2.73. The number of anilines is 1. The van der Waals surface area contributed by atoms with Gasteiger partial charge in [-0.25, -0.2) is 0 Å². The first-order valence-electron chi connectivity index (χ1n) is 7.01. The minimum atomic E-state index is 0.517. The molecule has 108 valence electrons. The topological polar surface area (TPSA) is 39.1 Å². The summed E-state index contributed by atoms with van der Waals surface area (Å²) in [4.78, 5) is 0. The van der Waals surface area contributed by atoms with E-state index in [0.29, 0.717) is 5.92 Å². The van der Waals surface area contributed by atoms with Crippen LogP contribution in [0, 0.1) is 12.8 Å². The van der Waals surface area contributed by atoms with Crippen molar-refractivity contribution in [2.75, 3.05) is 11.9 Å². The van der Waals surface area contributed by atoms with E-state index in [4.69, 9.17) is 4.74 Å². The maximum Gasteiger partial charge on any atom is 0.142 e. The lowest BCUT2D eigenvalue weighted by atomic mass is 10.2. The molecule has 0 fully saturated rings. The van der Waals surface area contributed by atoms with Gasteiger partial charge in [-0.3, -0.25) is 4.68 Å². The van der Waals surface area contributed by atoms with Crippen LogP contribution in [0.15, 0.2) is 30.5 Å². The fourth-order valence-electron chi connectivity index (χ4n) is 2.01. The van der Waals surface area contributed by atoms with Crippen LogP contribution in [-0.2, 0) is 13.6 Å². The lowest BCUT2D eigenvalue weighted by Crippen LogP contribution is -2.07. The number of hydrogen-bond acceptors (Lipinski definition) is 3. The van der Waals surface area contributed by atoms with E-state index in [1.54, 1.807) is 0 Å². The first-order chi connectivity index (χ1) is 9.56. The molecular weight excluding hydrogens is 250 g/mol. The third kappa shape index (κ3) is 3.76. The van der Waals surface area contributed by atoms with Crippen molar-refractivity contribution in [3.63, 3.8) is 0 Å². The van der Waals surface area contributed by atoms with Gasteiger partial charge in [0.05, 0.1) is 18.0 Å². The van der Waals surface area contributed by atoms with E-state index in [2.05, 4.69) is 24.3 Å². The average molecular weight is 273 g/mol. The number of nitrogens with one attached hydrogen (secondary N) is 1. The van der Waals surface area contributed by atoms with E-state index in [1.165, 1.54) is 5.56 Å². The maximum absolute atomic E-state index is 5.84. The number of ether oxygens (including phenoxy) is 1. The van der Waals surface area contributed by atoms with Crippen LogP contribution in [0.3, 0.4) is 0 Å². The molecule has 4 nitrogen and oxygen atoms in total.